The first-order valence-electron chi connectivity index (χ1n) is 7.89. The lowest BCUT2D eigenvalue weighted by molar-refractivity contribution is 0.149. The van der Waals surface area contributed by atoms with Crippen LogP contribution in [-0.4, -0.2) is 50.8 Å². The molecule has 2 amide bonds. The van der Waals surface area contributed by atoms with Crippen LogP contribution in [0.2, 0.25) is 0 Å². The van der Waals surface area contributed by atoms with Crippen molar-refractivity contribution < 1.29 is 17.6 Å². The number of rotatable bonds is 6. The minimum Gasteiger partial charge on any atom is -0.469 e. The molecule has 1 fully saturated rings. The van der Waals surface area contributed by atoms with Gasteiger partial charge in [0.05, 0.1) is 12.5 Å². The lowest BCUT2D eigenvalue weighted by atomic mass is 10.0. The number of piperidine rings is 1. The number of likely N-dealkylation sites (tertiary alicyclic amines) is 1. The Hall–Kier alpha value is -1.54. The summed E-state index contributed by atoms with van der Waals surface area (Å²) in [6, 6.07) is 3.39. The van der Waals surface area contributed by atoms with E-state index in [0.29, 0.717) is 13.0 Å². The average Bonchev–Trinajstić information content (AvgIpc) is 2.97. The molecule has 0 aliphatic carbocycles. The molecule has 0 unspecified atom stereocenters. The van der Waals surface area contributed by atoms with E-state index < -0.39 is 10.0 Å². The van der Waals surface area contributed by atoms with E-state index >= 15 is 0 Å². The van der Waals surface area contributed by atoms with E-state index in [0.717, 1.165) is 31.3 Å². The summed E-state index contributed by atoms with van der Waals surface area (Å²) in [5, 5.41) is 2.96. The number of sulfonamides is 1. The molecule has 0 aromatic carbocycles. The molecule has 2 rings (SSSR count). The van der Waals surface area contributed by atoms with Crippen LogP contribution in [0.3, 0.4) is 0 Å². The smallest absolute Gasteiger partial charge is 0.317 e. The molecule has 1 aromatic heterocycles. The molecule has 1 aliphatic heterocycles. The van der Waals surface area contributed by atoms with Crippen molar-refractivity contribution >= 4 is 16.1 Å². The molecule has 0 saturated carbocycles. The zero-order chi connectivity index (χ0) is 16.9. The van der Waals surface area contributed by atoms with Crippen LogP contribution in [0.5, 0.6) is 0 Å². The largest absolute Gasteiger partial charge is 0.469 e. The van der Waals surface area contributed by atoms with E-state index in [4.69, 9.17) is 4.42 Å². The van der Waals surface area contributed by atoms with E-state index in [2.05, 4.69) is 10.0 Å². The van der Waals surface area contributed by atoms with Gasteiger partial charge in [0.15, 0.2) is 0 Å². The quantitative estimate of drug-likeness (QED) is 0.815. The van der Waals surface area contributed by atoms with Crippen LogP contribution in [0, 0.1) is 0 Å². The lowest BCUT2D eigenvalue weighted by Crippen LogP contribution is -2.54. The van der Waals surface area contributed by atoms with Crippen molar-refractivity contribution in [2.75, 3.05) is 19.3 Å². The fraction of sp³-hybridized carbons (Fsp3) is 0.667. The Balaban J connectivity index is 1.89. The van der Waals surface area contributed by atoms with Crippen LogP contribution in [0.4, 0.5) is 4.79 Å². The van der Waals surface area contributed by atoms with E-state index in [9.17, 15) is 13.2 Å². The van der Waals surface area contributed by atoms with Crippen LogP contribution in [0.1, 0.15) is 31.9 Å². The van der Waals surface area contributed by atoms with Crippen LogP contribution in [0.15, 0.2) is 22.8 Å². The Kier molecular flexibility index (Phi) is 6.06. The highest BCUT2D eigenvalue weighted by Crippen LogP contribution is 2.17. The van der Waals surface area contributed by atoms with Crippen LogP contribution in [0.25, 0.3) is 0 Å². The zero-order valence-electron chi connectivity index (χ0n) is 13.6. The van der Waals surface area contributed by atoms with Gasteiger partial charge in [0.2, 0.25) is 10.0 Å². The summed E-state index contributed by atoms with van der Waals surface area (Å²) in [5.74, 6) is 0.826. The molecule has 0 spiro atoms. The van der Waals surface area contributed by atoms with Gasteiger partial charge < -0.3 is 14.6 Å². The fourth-order valence-corrected chi connectivity index (χ4v) is 3.30. The Morgan fingerprint density at radius 2 is 2.26 bits per heavy atom. The SMILES string of the molecule is C[C@@H](Cc1ccco1)NC(=O)N1CCCC[C@H]1CNS(C)(=O)=O. The number of nitrogens with zero attached hydrogens (tertiary/aromatic N) is 1. The van der Waals surface area contributed by atoms with Crippen molar-refractivity contribution in [2.45, 2.75) is 44.7 Å². The maximum atomic E-state index is 12.5. The molecular formula is C15H25N3O4S. The maximum absolute atomic E-state index is 12.5. The summed E-state index contributed by atoms with van der Waals surface area (Å²) in [5.41, 5.74) is 0. The Morgan fingerprint density at radius 3 is 2.91 bits per heavy atom. The molecule has 0 bridgehead atoms. The summed E-state index contributed by atoms with van der Waals surface area (Å²) in [7, 11) is -3.25. The molecule has 1 saturated heterocycles. The highest BCUT2D eigenvalue weighted by atomic mass is 32.2. The predicted octanol–water partition coefficient (Wildman–Crippen LogP) is 1.32. The van der Waals surface area contributed by atoms with Gasteiger partial charge in [0.1, 0.15) is 5.76 Å². The first-order chi connectivity index (χ1) is 10.8. The summed E-state index contributed by atoms with van der Waals surface area (Å²) >= 11 is 0. The molecule has 1 aliphatic rings. The van der Waals surface area contributed by atoms with Crippen molar-refractivity contribution in [3.63, 3.8) is 0 Å². The summed E-state index contributed by atoms with van der Waals surface area (Å²) in [6.07, 6.45) is 6.12. The van der Waals surface area contributed by atoms with Gasteiger partial charge in [0.25, 0.3) is 0 Å². The number of hydrogen-bond acceptors (Lipinski definition) is 4. The highest BCUT2D eigenvalue weighted by molar-refractivity contribution is 7.88. The molecule has 2 atom stereocenters. The number of nitrogens with one attached hydrogen (secondary N) is 2. The Bertz CT molecular complexity index is 600. The second-order valence-electron chi connectivity index (χ2n) is 6.10. The van der Waals surface area contributed by atoms with E-state index in [-0.39, 0.29) is 24.7 Å². The van der Waals surface area contributed by atoms with Crippen molar-refractivity contribution in [3.8, 4) is 0 Å². The van der Waals surface area contributed by atoms with Gasteiger partial charge >= 0.3 is 6.03 Å². The van der Waals surface area contributed by atoms with Crippen molar-refractivity contribution in [3.05, 3.63) is 24.2 Å². The van der Waals surface area contributed by atoms with E-state index in [1.807, 2.05) is 19.1 Å². The fourth-order valence-electron chi connectivity index (χ4n) is 2.80. The molecular weight excluding hydrogens is 318 g/mol. The van der Waals surface area contributed by atoms with Gasteiger partial charge in [-0.2, -0.15) is 0 Å². The van der Waals surface area contributed by atoms with Gasteiger partial charge in [0, 0.05) is 31.6 Å². The molecule has 0 radical (unpaired) electrons. The van der Waals surface area contributed by atoms with Gasteiger partial charge in [-0.05, 0) is 38.3 Å². The number of amides is 2. The molecule has 2 N–H and O–H groups in total. The average molecular weight is 343 g/mol. The normalized spacial score (nSPS) is 20.3. The Morgan fingerprint density at radius 1 is 1.48 bits per heavy atom. The molecule has 130 valence electrons. The Labute approximate surface area is 137 Å². The van der Waals surface area contributed by atoms with E-state index in [1.54, 1.807) is 11.2 Å². The highest BCUT2D eigenvalue weighted by Gasteiger charge is 2.28. The second kappa shape index (κ2) is 7.83. The monoisotopic (exact) mass is 343 g/mol. The molecule has 1 aromatic rings. The third-order valence-electron chi connectivity index (χ3n) is 3.93. The number of carbonyl (C=O) groups excluding carboxylic acids is 1. The molecule has 23 heavy (non-hydrogen) atoms. The van der Waals surface area contributed by atoms with Gasteiger partial charge in [-0.15, -0.1) is 0 Å². The predicted molar refractivity (Wildman–Crippen MR) is 87.6 cm³/mol. The first kappa shape index (κ1) is 17.8. The minimum atomic E-state index is -3.25. The number of hydrogen-bond donors (Lipinski definition) is 2. The molecule has 8 heteroatoms. The van der Waals surface area contributed by atoms with Crippen LogP contribution < -0.4 is 10.0 Å². The number of carbonyl (C=O) groups is 1. The second-order valence-corrected chi connectivity index (χ2v) is 7.93. The van der Waals surface area contributed by atoms with Crippen molar-refractivity contribution in [2.24, 2.45) is 0 Å². The summed E-state index contributed by atoms with van der Waals surface area (Å²) < 4.78 is 30.3. The van der Waals surface area contributed by atoms with Gasteiger partial charge in [-0.3, -0.25) is 0 Å². The van der Waals surface area contributed by atoms with Crippen LogP contribution in [-0.2, 0) is 16.4 Å². The van der Waals surface area contributed by atoms with Gasteiger partial charge in [-0.1, -0.05) is 0 Å². The standard InChI is InChI=1S/C15H25N3O4S/c1-12(10-14-7-5-9-22-14)17-15(19)18-8-4-3-6-13(18)11-16-23(2,20)21/h5,7,9,12-13,16H,3-4,6,8,10-11H2,1-2H3,(H,17,19)/t12-,13-/m0/s1. The van der Waals surface area contributed by atoms with Crippen LogP contribution >= 0.6 is 0 Å². The molecule has 2 heterocycles. The zero-order valence-corrected chi connectivity index (χ0v) is 14.4. The van der Waals surface area contributed by atoms with Gasteiger partial charge in [-0.25, -0.2) is 17.9 Å². The summed E-state index contributed by atoms with van der Waals surface area (Å²) in [4.78, 5) is 14.2. The number of urea groups is 1. The summed E-state index contributed by atoms with van der Waals surface area (Å²) in [6.45, 7) is 2.84. The van der Waals surface area contributed by atoms with E-state index in [1.165, 1.54) is 0 Å². The third-order valence-corrected chi connectivity index (χ3v) is 4.62. The maximum Gasteiger partial charge on any atom is 0.317 e. The topological polar surface area (TPSA) is 91.7 Å². The third kappa shape index (κ3) is 5.87. The molecule has 7 nitrogen and oxygen atoms in total. The van der Waals surface area contributed by atoms with Crippen molar-refractivity contribution in [1.29, 1.82) is 0 Å². The first-order valence-corrected chi connectivity index (χ1v) is 9.78. The van der Waals surface area contributed by atoms with Crippen molar-refractivity contribution in [1.82, 2.24) is 14.9 Å². The minimum absolute atomic E-state index is 0.0564. The lowest BCUT2D eigenvalue weighted by Gasteiger charge is -2.36. The number of furan rings is 1.